The van der Waals surface area contributed by atoms with Crippen molar-refractivity contribution >= 4 is 23.1 Å². The van der Waals surface area contributed by atoms with Crippen LogP contribution in [0.1, 0.15) is 45.3 Å². The summed E-state index contributed by atoms with van der Waals surface area (Å²) >= 11 is 1.88. The first-order valence-corrected chi connectivity index (χ1v) is 8.85. The van der Waals surface area contributed by atoms with Gasteiger partial charge in [0.2, 0.25) is 0 Å². The van der Waals surface area contributed by atoms with E-state index in [2.05, 4.69) is 20.8 Å². The van der Waals surface area contributed by atoms with Crippen LogP contribution >= 0.6 is 11.3 Å². The number of hydrogen-bond donors (Lipinski definition) is 2. The molecule has 0 radical (unpaired) electrons. The minimum Gasteiger partial charge on any atom is -0.369 e. The molecule has 0 spiro atoms. The van der Waals surface area contributed by atoms with Gasteiger partial charge in [0.05, 0.1) is 10.7 Å². The first-order chi connectivity index (χ1) is 11.3. The molecule has 0 atom stereocenters. The summed E-state index contributed by atoms with van der Waals surface area (Å²) in [7, 11) is 1.58. The summed E-state index contributed by atoms with van der Waals surface area (Å²) in [5.74, 6) is 0.466. The van der Waals surface area contributed by atoms with E-state index in [0.717, 1.165) is 25.8 Å². The van der Waals surface area contributed by atoms with Gasteiger partial charge in [0.1, 0.15) is 5.82 Å². The number of anilines is 1. The van der Waals surface area contributed by atoms with Crippen LogP contribution in [0.2, 0.25) is 0 Å². The number of hydrogen-bond acceptors (Lipinski definition) is 6. The van der Waals surface area contributed by atoms with Crippen molar-refractivity contribution in [1.29, 1.82) is 0 Å². The molecule has 1 amide bonds. The van der Waals surface area contributed by atoms with Crippen LogP contribution in [0.5, 0.6) is 0 Å². The number of rotatable bonds is 6. The lowest BCUT2D eigenvalue weighted by molar-refractivity contribution is 0.0957. The van der Waals surface area contributed by atoms with E-state index in [-0.39, 0.29) is 5.91 Å². The second-order valence-corrected chi connectivity index (χ2v) is 6.77. The Kier molecular flexibility index (Phi) is 5.17. The number of aromatic nitrogens is 3. The van der Waals surface area contributed by atoms with Crippen molar-refractivity contribution in [1.82, 2.24) is 20.5 Å². The fourth-order valence-corrected chi connectivity index (χ4v) is 3.84. The molecule has 2 N–H and O–H groups in total. The molecule has 0 aliphatic heterocycles. The second kappa shape index (κ2) is 7.50. The van der Waals surface area contributed by atoms with Gasteiger partial charge >= 0.3 is 0 Å². The largest absolute Gasteiger partial charge is 0.369 e. The maximum atomic E-state index is 11.4. The molecule has 0 bridgehead atoms. The lowest BCUT2D eigenvalue weighted by Crippen LogP contribution is -2.19. The lowest BCUT2D eigenvalue weighted by atomic mass is 10.0. The van der Waals surface area contributed by atoms with Crippen LogP contribution in [-0.2, 0) is 19.3 Å². The predicted octanol–water partition coefficient (Wildman–Crippen LogP) is 2.22. The molecule has 1 aliphatic rings. The highest BCUT2D eigenvalue weighted by Gasteiger charge is 2.14. The highest BCUT2D eigenvalue weighted by atomic mass is 32.1. The van der Waals surface area contributed by atoms with Crippen LogP contribution in [0.15, 0.2) is 12.1 Å². The quantitative estimate of drug-likeness (QED) is 0.793. The van der Waals surface area contributed by atoms with E-state index in [9.17, 15) is 4.79 Å². The molecule has 0 saturated heterocycles. The van der Waals surface area contributed by atoms with Gasteiger partial charge in [0.25, 0.3) is 5.91 Å². The second-order valence-electron chi connectivity index (χ2n) is 5.60. The zero-order valence-corrected chi connectivity index (χ0v) is 14.1. The minimum absolute atomic E-state index is 0.225. The first kappa shape index (κ1) is 15.9. The Morgan fingerprint density at radius 2 is 2.13 bits per heavy atom. The van der Waals surface area contributed by atoms with Crippen LogP contribution in [0.25, 0.3) is 0 Å². The van der Waals surface area contributed by atoms with Gasteiger partial charge < -0.3 is 10.6 Å². The standard InChI is InChI=1S/C16H21N5OS/c1-17-16(22)12-8-9-14(21-20-12)18-10-4-7-15-19-11-5-2-3-6-13(11)23-15/h8-9H,2-7,10H2,1H3,(H,17,22)(H,18,21). The Hall–Kier alpha value is -2.02. The number of fused-ring (bicyclic) bond motifs is 1. The van der Waals surface area contributed by atoms with Gasteiger partial charge in [0, 0.05) is 24.9 Å². The molecule has 7 heteroatoms. The van der Waals surface area contributed by atoms with Crippen molar-refractivity contribution in [2.75, 3.05) is 18.9 Å². The Labute approximate surface area is 139 Å². The van der Waals surface area contributed by atoms with Gasteiger partial charge in [-0.3, -0.25) is 4.79 Å². The summed E-state index contributed by atoms with van der Waals surface area (Å²) in [4.78, 5) is 17.6. The van der Waals surface area contributed by atoms with Crippen LogP contribution in [0.3, 0.4) is 0 Å². The molecule has 122 valence electrons. The van der Waals surface area contributed by atoms with Crippen molar-refractivity contribution in [3.63, 3.8) is 0 Å². The molecule has 0 fully saturated rings. The lowest BCUT2D eigenvalue weighted by Gasteiger charge is -2.06. The van der Waals surface area contributed by atoms with Gasteiger partial charge in [-0.2, -0.15) is 0 Å². The molecule has 0 aromatic carbocycles. The van der Waals surface area contributed by atoms with E-state index in [0.29, 0.717) is 11.5 Å². The Balaban J connectivity index is 1.44. The summed E-state index contributed by atoms with van der Waals surface area (Å²) in [6, 6.07) is 3.45. The molecule has 2 heterocycles. The monoisotopic (exact) mass is 331 g/mol. The van der Waals surface area contributed by atoms with Crippen LogP contribution in [-0.4, -0.2) is 34.7 Å². The number of nitrogens with zero attached hydrogens (tertiary/aromatic N) is 3. The zero-order chi connectivity index (χ0) is 16.1. The molecular weight excluding hydrogens is 310 g/mol. The molecule has 23 heavy (non-hydrogen) atoms. The Morgan fingerprint density at radius 3 is 2.87 bits per heavy atom. The van der Waals surface area contributed by atoms with E-state index >= 15 is 0 Å². The number of aryl methyl sites for hydroxylation is 3. The van der Waals surface area contributed by atoms with Crippen molar-refractivity contribution in [2.24, 2.45) is 0 Å². The average molecular weight is 331 g/mol. The van der Waals surface area contributed by atoms with Gasteiger partial charge in [-0.15, -0.1) is 21.5 Å². The first-order valence-electron chi connectivity index (χ1n) is 8.03. The predicted molar refractivity (Wildman–Crippen MR) is 91.0 cm³/mol. The molecular formula is C16H21N5OS. The van der Waals surface area contributed by atoms with E-state index in [4.69, 9.17) is 4.98 Å². The van der Waals surface area contributed by atoms with Crippen molar-refractivity contribution in [3.8, 4) is 0 Å². The number of carbonyl (C=O) groups excluding carboxylic acids is 1. The summed E-state index contributed by atoms with van der Waals surface area (Å²) < 4.78 is 0. The molecule has 6 nitrogen and oxygen atoms in total. The highest BCUT2D eigenvalue weighted by molar-refractivity contribution is 7.11. The fourth-order valence-electron chi connectivity index (χ4n) is 2.64. The molecule has 2 aromatic heterocycles. The number of nitrogens with one attached hydrogen (secondary N) is 2. The third-order valence-corrected chi connectivity index (χ3v) is 5.10. The third-order valence-electron chi connectivity index (χ3n) is 3.89. The normalized spacial score (nSPS) is 13.4. The van der Waals surface area contributed by atoms with E-state index in [1.165, 1.54) is 34.8 Å². The van der Waals surface area contributed by atoms with Crippen LogP contribution < -0.4 is 10.6 Å². The minimum atomic E-state index is -0.225. The third kappa shape index (κ3) is 4.04. The maximum absolute atomic E-state index is 11.4. The Morgan fingerprint density at radius 1 is 1.26 bits per heavy atom. The maximum Gasteiger partial charge on any atom is 0.271 e. The summed E-state index contributed by atoms with van der Waals surface area (Å²) in [6.07, 6.45) is 6.94. The van der Waals surface area contributed by atoms with Crippen LogP contribution in [0, 0.1) is 0 Å². The van der Waals surface area contributed by atoms with Gasteiger partial charge in [-0.25, -0.2) is 4.98 Å². The molecule has 2 aromatic rings. The SMILES string of the molecule is CNC(=O)c1ccc(NCCCc2nc3c(s2)CCCC3)nn1. The number of thiazole rings is 1. The van der Waals surface area contributed by atoms with E-state index < -0.39 is 0 Å². The van der Waals surface area contributed by atoms with Crippen molar-refractivity contribution < 1.29 is 4.79 Å². The van der Waals surface area contributed by atoms with Crippen molar-refractivity contribution in [3.05, 3.63) is 33.4 Å². The summed E-state index contributed by atoms with van der Waals surface area (Å²) in [5, 5.41) is 14.9. The zero-order valence-electron chi connectivity index (χ0n) is 13.3. The highest BCUT2D eigenvalue weighted by Crippen LogP contribution is 2.27. The van der Waals surface area contributed by atoms with Crippen LogP contribution in [0.4, 0.5) is 5.82 Å². The number of carbonyl (C=O) groups is 1. The topological polar surface area (TPSA) is 79.8 Å². The number of amides is 1. The molecule has 0 saturated carbocycles. The Bertz CT molecular complexity index is 644. The summed E-state index contributed by atoms with van der Waals surface area (Å²) in [6.45, 7) is 0.818. The summed E-state index contributed by atoms with van der Waals surface area (Å²) in [5.41, 5.74) is 1.66. The molecule has 1 aliphatic carbocycles. The van der Waals surface area contributed by atoms with Crippen molar-refractivity contribution in [2.45, 2.75) is 38.5 Å². The molecule has 0 unspecified atom stereocenters. The molecule has 3 rings (SSSR count). The smallest absolute Gasteiger partial charge is 0.271 e. The van der Waals surface area contributed by atoms with Gasteiger partial charge in [-0.1, -0.05) is 0 Å². The fraction of sp³-hybridized carbons (Fsp3) is 0.500. The van der Waals surface area contributed by atoms with Gasteiger partial charge in [0.15, 0.2) is 5.69 Å². The van der Waals surface area contributed by atoms with E-state index in [1.54, 1.807) is 19.2 Å². The van der Waals surface area contributed by atoms with E-state index in [1.807, 2.05) is 11.3 Å². The van der Waals surface area contributed by atoms with Gasteiger partial charge in [-0.05, 0) is 44.2 Å². The average Bonchev–Trinajstić information content (AvgIpc) is 3.01.